The van der Waals surface area contributed by atoms with Crippen molar-refractivity contribution < 1.29 is 24.2 Å². The van der Waals surface area contributed by atoms with Gasteiger partial charge in [0.15, 0.2) is 0 Å². The number of hydrogen-bond donors (Lipinski definition) is 1. The number of rotatable bonds is 2. The lowest BCUT2D eigenvalue weighted by molar-refractivity contribution is -0.137. The molecule has 0 saturated carbocycles. The molecule has 7 nitrogen and oxygen atoms in total. The highest BCUT2D eigenvalue weighted by molar-refractivity contribution is 6.01. The van der Waals surface area contributed by atoms with E-state index in [0.717, 1.165) is 11.1 Å². The van der Waals surface area contributed by atoms with Gasteiger partial charge < -0.3 is 19.5 Å². The van der Waals surface area contributed by atoms with E-state index < -0.39 is 11.2 Å². The summed E-state index contributed by atoms with van der Waals surface area (Å²) in [6, 6.07) is 3.75. The van der Waals surface area contributed by atoms with E-state index in [1.807, 2.05) is 32.9 Å². The van der Waals surface area contributed by atoms with Crippen molar-refractivity contribution in [1.82, 2.24) is 4.90 Å². The Morgan fingerprint density at radius 2 is 1.85 bits per heavy atom. The number of amides is 2. The van der Waals surface area contributed by atoms with Crippen LogP contribution in [0, 0.1) is 0 Å². The molecule has 1 aromatic rings. The number of fused-ring (bicyclic) bond motifs is 1. The third-order valence-electron chi connectivity index (χ3n) is 4.92. The number of carbonyl (C=O) groups is 2. The normalized spacial score (nSPS) is 22.7. The van der Waals surface area contributed by atoms with E-state index in [4.69, 9.17) is 9.47 Å². The Kier molecular flexibility index (Phi) is 4.84. The molecule has 0 aliphatic carbocycles. The Bertz CT molecular complexity index is 766. The summed E-state index contributed by atoms with van der Waals surface area (Å²) < 4.78 is 11.0. The maximum absolute atomic E-state index is 12.7. The number of benzene rings is 1. The Labute approximate surface area is 159 Å². The maximum Gasteiger partial charge on any atom is 0.410 e. The largest absolute Gasteiger partial charge is 0.495 e. The van der Waals surface area contributed by atoms with Crippen molar-refractivity contribution in [2.45, 2.75) is 64.8 Å². The van der Waals surface area contributed by atoms with Crippen LogP contribution in [0.4, 0.5) is 10.5 Å². The molecule has 0 spiro atoms. The zero-order chi connectivity index (χ0) is 20.0. The summed E-state index contributed by atoms with van der Waals surface area (Å²) >= 11 is 0. The molecule has 1 atom stereocenters. The average Bonchev–Trinajstić information content (AvgIpc) is 2.97. The molecule has 2 aliphatic rings. The molecule has 2 aliphatic heterocycles. The van der Waals surface area contributed by atoms with Crippen molar-refractivity contribution in [1.29, 1.82) is 0 Å². The molecular weight excluding hydrogens is 348 g/mol. The van der Waals surface area contributed by atoms with Crippen molar-refractivity contribution >= 4 is 17.7 Å². The first-order chi connectivity index (χ1) is 12.5. The van der Waals surface area contributed by atoms with E-state index in [-0.39, 0.29) is 12.0 Å². The molecule has 0 bridgehead atoms. The van der Waals surface area contributed by atoms with Crippen LogP contribution in [0.5, 0.6) is 5.75 Å². The first kappa shape index (κ1) is 19.5. The minimum absolute atomic E-state index is 0.325. The summed E-state index contributed by atoms with van der Waals surface area (Å²) in [7, 11) is 1.55. The van der Waals surface area contributed by atoms with Gasteiger partial charge in [0, 0.05) is 19.6 Å². The fourth-order valence-electron chi connectivity index (χ4n) is 3.56. The van der Waals surface area contributed by atoms with E-state index in [9.17, 15) is 14.7 Å². The zero-order valence-corrected chi connectivity index (χ0v) is 16.7. The molecule has 1 N–H and O–H groups in total. The molecule has 3 rings (SSSR count). The van der Waals surface area contributed by atoms with Crippen LogP contribution in [0.15, 0.2) is 12.1 Å². The molecule has 148 valence electrons. The van der Waals surface area contributed by atoms with Crippen LogP contribution in [-0.4, -0.2) is 46.9 Å². The molecule has 27 heavy (non-hydrogen) atoms. The minimum Gasteiger partial charge on any atom is -0.495 e. The Morgan fingerprint density at radius 1 is 1.22 bits per heavy atom. The van der Waals surface area contributed by atoms with Crippen molar-refractivity contribution in [3.63, 3.8) is 0 Å². The van der Waals surface area contributed by atoms with Gasteiger partial charge in [-0.3, -0.25) is 9.69 Å². The predicted octanol–water partition coefficient (Wildman–Crippen LogP) is 2.82. The number of nitrogens with zero attached hydrogens (tertiary/aromatic N) is 2. The number of piperidine rings is 1. The second-order valence-corrected chi connectivity index (χ2v) is 8.46. The average molecular weight is 376 g/mol. The molecule has 2 heterocycles. The van der Waals surface area contributed by atoms with Crippen molar-refractivity contribution in [3.8, 4) is 5.75 Å². The monoisotopic (exact) mass is 376 g/mol. The molecule has 1 unspecified atom stereocenters. The molecular formula is C20H28N2O5. The highest BCUT2D eigenvalue weighted by Gasteiger charge is 2.40. The van der Waals surface area contributed by atoms with Crippen LogP contribution in [0.25, 0.3) is 0 Å². The Balaban J connectivity index is 1.88. The third-order valence-corrected chi connectivity index (χ3v) is 4.92. The molecule has 0 radical (unpaired) electrons. The maximum atomic E-state index is 12.7. The number of hydrogen-bond acceptors (Lipinski definition) is 5. The number of anilines is 1. The van der Waals surface area contributed by atoms with Crippen LogP contribution in [0.3, 0.4) is 0 Å². The molecule has 0 aromatic heterocycles. The smallest absolute Gasteiger partial charge is 0.410 e. The predicted molar refractivity (Wildman–Crippen MR) is 101 cm³/mol. The number of methoxy groups -OCH3 is 1. The van der Waals surface area contributed by atoms with Crippen LogP contribution < -0.4 is 9.64 Å². The third kappa shape index (κ3) is 3.88. The van der Waals surface area contributed by atoms with Gasteiger partial charge in [-0.2, -0.15) is 0 Å². The number of aliphatic hydroxyl groups is 1. The fraction of sp³-hybridized carbons (Fsp3) is 0.600. The van der Waals surface area contributed by atoms with Gasteiger partial charge in [0.1, 0.15) is 17.0 Å². The topological polar surface area (TPSA) is 79.3 Å². The van der Waals surface area contributed by atoms with E-state index in [1.165, 1.54) is 0 Å². The lowest BCUT2D eigenvalue weighted by Gasteiger charge is -2.36. The van der Waals surface area contributed by atoms with E-state index in [0.29, 0.717) is 43.9 Å². The van der Waals surface area contributed by atoms with Crippen molar-refractivity contribution in [2.75, 3.05) is 18.6 Å². The second-order valence-electron chi connectivity index (χ2n) is 8.46. The van der Waals surface area contributed by atoms with Gasteiger partial charge in [-0.15, -0.1) is 0 Å². The van der Waals surface area contributed by atoms with Gasteiger partial charge in [-0.05, 0) is 63.8 Å². The Hall–Kier alpha value is -2.28. The highest BCUT2D eigenvalue weighted by Crippen LogP contribution is 2.38. The number of ether oxygens (including phenoxy) is 2. The standard InChI is InChI=1S/C20H28N2O5/c1-19(2,3)27-18(24)21-11-13-9-15(16(26-5)10-14(13)12-21)22-8-6-7-20(4,25)17(22)23/h9-10,25H,6-8,11-12H2,1-5H3. The lowest BCUT2D eigenvalue weighted by Crippen LogP contribution is -2.52. The minimum atomic E-state index is -1.37. The summed E-state index contributed by atoms with van der Waals surface area (Å²) in [6.07, 6.45) is 0.793. The number of carbonyl (C=O) groups excluding carboxylic acids is 2. The summed E-state index contributed by atoms with van der Waals surface area (Å²) in [6.45, 7) is 8.44. The van der Waals surface area contributed by atoms with Crippen molar-refractivity contribution in [3.05, 3.63) is 23.3 Å². The summed E-state index contributed by atoms with van der Waals surface area (Å²) in [5.41, 5.74) is 0.630. The van der Waals surface area contributed by atoms with E-state index in [2.05, 4.69) is 0 Å². The van der Waals surface area contributed by atoms with Gasteiger partial charge in [0.25, 0.3) is 5.91 Å². The second kappa shape index (κ2) is 6.71. The lowest BCUT2D eigenvalue weighted by atomic mass is 9.93. The van der Waals surface area contributed by atoms with Crippen LogP contribution >= 0.6 is 0 Å². The quantitative estimate of drug-likeness (QED) is 0.859. The molecule has 1 saturated heterocycles. The van der Waals surface area contributed by atoms with Crippen LogP contribution in [-0.2, 0) is 22.6 Å². The first-order valence-corrected chi connectivity index (χ1v) is 9.24. The van der Waals surface area contributed by atoms with Crippen LogP contribution in [0.1, 0.15) is 51.7 Å². The summed E-state index contributed by atoms with van der Waals surface area (Å²) in [4.78, 5) is 28.3. The first-order valence-electron chi connectivity index (χ1n) is 9.24. The molecule has 1 aromatic carbocycles. The summed E-state index contributed by atoms with van der Waals surface area (Å²) in [5.74, 6) is 0.236. The molecule has 7 heteroatoms. The van der Waals surface area contributed by atoms with Crippen molar-refractivity contribution in [2.24, 2.45) is 0 Å². The summed E-state index contributed by atoms with van der Waals surface area (Å²) in [5, 5.41) is 10.4. The van der Waals surface area contributed by atoms with E-state index >= 15 is 0 Å². The van der Waals surface area contributed by atoms with Gasteiger partial charge >= 0.3 is 6.09 Å². The van der Waals surface area contributed by atoms with Crippen LogP contribution in [0.2, 0.25) is 0 Å². The van der Waals surface area contributed by atoms with Gasteiger partial charge in [0.05, 0.1) is 12.8 Å². The highest BCUT2D eigenvalue weighted by atomic mass is 16.6. The zero-order valence-electron chi connectivity index (χ0n) is 16.7. The van der Waals surface area contributed by atoms with Gasteiger partial charge in [-0.1, -0.05) is 0 Å². The Morgan fingerprint density at radius 3 is 2.44 bits per heavy atom. The van der Waals surface area contributed by atoms with Gasteiger partial charge in [0.2, 0.25) is 0 Å². The molecule has 2 amide bonds. The van der Waals surface area contributed by atoms with E-state index in [1.54, 1.807) is 23.8 Å². The van der Waals surface area contributed by atoms with Gasteiger partial charge in [-0.25, -0.2) is 4.79 Å². The molecule has 1 fully saturated rings. The fourth-order valence-corrected chi connectivity index (χ4v) is 3.56. The SMILES string of the molecule is COc1cc2c(cc1N1CCCC(C)(O)C1=O)CN(C(=O)OC(C)(C)C)C2.